The van der Waals surface area contributed by atoms with Gasteiger partial charge in [-0.3, -0.25) is 9.79 Å². The van der Waals surface area contributed by atoms with E-state index >= 15 is 0 Å². The maximum Gasteiger partial charge on any atom is 0.254 e. The molecule has 2 aliphatic heterocycles. The largest absolute Gasteiger partial charge is 0.368 e. The molecule has 0 saturated carbocycles. The van der Waals surface area contributed by atoms with Crippen molar-refractivity contribution >= 4 is 34.6 Å². The van der Waals surface area contributed by atoms with E-state index in [4.69, 9.17) is 4.99 Å². The van der Waals surface area contributed by atoms with Crippen LogP contribution in [0.2, 0.25) is 0 Å². The molecule has 0 radical (unpaired) electrons. The van der Waals surface area contributed by atoms with Crippen LogP contribution in [0.25, 0.3) is 0 Å². The van der Waals surface area contributed by atoms with Gasteiger partial charge in [0.25, 0.3) is 5.91 Å². The molecule has 1 aromatic carbocycles. The molecule has 6 nitrogen and oxygen atoms in total. The lowest BCUT2D eigenvalue weighted by molar-refractivity contribution is 0.0695. The topological polar surface area (TPSA) is 69.6 Å². The molecule has 0 aliphatic carbocycles. The summed E-state index contributed by atoms with van der Waals surface area (Å²) in [5.41, 5.74) is 2.40. The van der Waals surface area contributed by atoms with Crippen LogP contribution in [0.15, 0.2) is 70.5 Å². The summed E-state index contributed by atoms with van der Waals surface area (Å²) in [4.78, 5) is 24.4. The van der Waals surface area contributed by atoms with Gasteiger partial charge in [0.05, 0.1) is 24.3 Å². The predicted octanol–water partition coefficient (Wildman–Crippen LogP) is 4.25. The van der Waals surface area contributed by atoms with Gasteiger partial charge in [0.15, 0.2) is 5.82 Å². The van der Waals surface area contributed by atoms with Gasteiger partial charge in [-0.25, -0.2) is 4.98 Å². The Balaban J connectivity index is 1.48. The highest BCUT2D eigenvalue weighted by Crippen LogP contribution is 2.35. The van der Waals surface area contributed by atoms with E-state index in [0.717, 1.165) is 47.9 Å². The fraction of sp³-hybridized carbons (Fsp3) is 0.261. The minimum atomic E-state index is -0.450. The van der Waals surface area contributed by atoms with Gasteiger partial charge in [-0.05, 0) is 42.0 Å². The Morgan fingerprint density at radius 2 is 2.10 bits per heavy atom. The van der Waals surface area contributed by atoms with Gasteiger partial charge >= 0.3 is 0 Å². The summed E-state index contributed by atoms with van der Waals surface area (Å²) < 4.78 is 0. The van der Waals surface area contributed by atoms with Crippen molar-refractivity contribution in [1.82, 2.24) is 9.88 Å². The van der Waals surface area contributed by atoms with Crippen molar-refractivity contribution < 1.29 is 4.79 Å². The summed E-state index contributed by atoms with van der Waals surface area (Å²) in [5.74, 6) is 1.70. The van der Waals surface area contributed by atoms with Gasteiger partial charge in [0.2, 0.25) is 0 Å². The number of likely N-dealkylation sites (tertiary alicyclic amines) is 1. The van der Waals surface area contributed by atoms with E-state index < -0.39 is 5.54 Å². The fourth-order valence-electron chi connectivity index (χ4n) is 4.19. The van der Waals surface area contributed by atoms with Crippen molar-refractivity contribution in [2.45, 2.75) is 24.9 Å². The number of carbonyl (C=O) groups is 1. The van der Waals surface area contributed by atoms with Gasteiger partial charge in [0, 0.05) is 18.1 Å². The van der Waals surface area contributed by atoms with E-state index in [1.165, 1.54) is 0 Å². The van der Waals surface area contributed by atoms with Crippen molar-refractivity contribution in [3.05, 3.63) is 76.6 Å². The molecule has 1 amide bonds. The number of fused-ring (bicyclic) bond motifs is 1. The number of amidine groups is 1. The SMILES string of the molecule is O=C(c1ccsc1)N1CCC[C@]2(C1)Nc1cccnc1NC2=NCc1ccccc1. The molecule has 2 aliphatic rings. The second-order valence-corrected chi connectivity index (χ2v) is 8.50. The van der Waals surface area contributed by atoms with Crippen LogP contribution in [0.5, 0.6) is 0 Å². The Morgan fingerprint density at radius 1 is 1.20 bits per heavy atom. The second-order valence-electron chi connectivity index (χ2n) is 7.72. The third-order valence-electron chi connectivity index (χ3n) is 5.68. The van der Waals surface area contributed by atoms with Gasteiger partial charge < -0.3 is 15.5 Å². The summed E-state index contributed by atoms with van der Waals surface area (Å²) in [6.45, 7) is 1.90. The number of nitrogens with zero attached hydrogens (tertiary/aromatic N) is 3. The zero-order valence-electron chi connectivity index (χ0n) is 16.5. The second kappa shape index (κ2) is 7.91. The first-order valence-electron chi connectivity index (χ1n) is 10.1. The van der Waals surface area contributed by atoms with Crippen molar-refractivity contribution in [2.24, 2.45) is 4.99 Å². The van der Waals surface area contributed by atoms with Gasteiger partial charge in [-0.2, -0.15) is 11.3 Å². The van der Waals surface area contributed by atoms with Crippen molar-refractivity contribution in [3.8, 4) is 0 Å². The molecule has 1 atom stereocenters. The highest BCUT2D eigenvalue weighted by Gasteiger charge is 2.45. The summed E-state index contributed by atoms with van der Waals surface area (Å²) in [7, 11) is 0. The van der Waals surface area contributed by atoms with Gasteiger partial charge in [-0.1, -0.05) is 30.3 Å². The Hall–Kier alpha value is -3.19. The Bertz CT molecular complexity index is 1070. The van der Waals surface area contributed by atoms with Gasteiger partial charge in [0.1, 0.15) is 11.4 Å². The number of nitrogens with one attached hydrogen (secondary N) is 2. The first-order chi connectivity index (χ1) is 14.7. The number of hydrogen-bond acceptors (Lipinski definition) is 5. The highest BCUT2D eigenvalue weighted by atomic mass is 32.1. The fourth-order valence-corrected chi connectivity index (χ4v) is 4.82. The van der Waals surface area contributed by atoms with Crippen LogP contribution in [-0.4, -0.2) is 40.3 Å². The van der Waals surface area contributed by atoms with Crippen molar-refractivity contribution in [2.75, 3.05) is 23.7 Å². The van der Waals surface area contributed by atoms with Crippen LogP contribution in [-0.2, 0) is 6.54 Å². The zero-order valence-corrected chi connectivity index (χ0v) is 17.4. The highest BCUT2D eigenvalue weighted by molar-refractivity contribution is 7.08. The van der Waals surface area contributed by atoms with E-state index in [1.54, 1.807) is 17.5 Å². The monoisotopic (exact) mass is 417 g/mol. The molecule has 4 heterocycles. The molecule has 7 heteroatoms. The molecule has 5 rings (SSSR count). The molecule has 3 aromatic rings. The molecular weight excluding hydrogens is 394 g/mol. The molecule has 2 aromatic heterocycles. The average Bonchev–Trinajstić information content (AvgIpc) is 3.33. The van der Waals surface area contributed by atoms with Crippen LogP contribution < -0.4 is 10.6 Å². The number of aromatic nitrogens is 1. The lowest BCUT2D eigenvalue weighted by Crippen LogP contribution is -2.62. The quantitative estimate of drug-likeness (QED) is 0.668. The zero-order chi connectivity index (χ0) is 20.4. The lowest BCUT2D eigenvalue weighted by Gasteiger charge is -2.47. The van der Waals surface area contributed by atoms with E-state index in [1.807, 2.05) is 52.1 Å². The first-order valence-corrected chi connectivity index (χ1v) is 11.1. The number of amides is 1. The van der Waals surface area contributed by atoms with E-state index in [-0.39, 0.29) is 5.91 Å². The number of pyridine rings is 1. The number of aliphatic imine (C=N–C) groups is 1. The minimum absolute atomic E-state index is 0.0801. The number of carbonyl (C=O) groups excluding carboxylic acids is 1. The molecule has 0 bridgehead atoms. The molecule has 30 heavy (non-hydrogen) atoms. The first kappa shape index (κ1) is 18.8. The summed E-state index contributed by atoms with van der Waals surface area (Å²) in [5, 5.41) is 11.0. The van der Waals surface area contributed by atoms with Crippen LogP contribution >= 0.6 is 11.3 Å². The van der Waals surface area contributed by atoms with Crippen LogP contribution in [0, 0.1) is 0 Å². The molecule has 1 spiro atoms. The number of benzene rings is 1. The third kappa shape index (κ3) is 3.57. The minimum Gasteiger partial charge on any atom is -0.368 e. The number of hydrogen-bond donors (Lipinski definition) is 2. The summed E-state index contributed by atoms with van der Waals surface area (Å²) in [6.07, 6.45) is 3.58. The molecule has 152 valence electrons. The Kier molecular flexibility index (Phi) is 4.96. The van der Waals surface area contributed by atoms with E-state index in [9.17, 15) is 4.79 Å². The average molecular weight is 418 g/mol. The van der Waals surface area contributed by atoms with Gasteiger partial charge in [-0.15, -0.1) is 0 Å². The molecule has 2 N–H and O–H groups in total. The molecule has 0 unspecified atom stereocenters. The molecule has 1 fully saturated rings. The van der Waals surface area contributed by atoms with E-state index in [0.29, 0.717) is 13.1 Å². The maximum absolute atomic E-state index is 13.1. The number of rotatable bonds is 3. The third-order valence-corrected chi connectivity index (χ3v) is 6.37. The van der Waals surface area contributed by atoms with Crippen molar-refractivity contribution in [3.63, 3.8) is 0 Å². The summed E-state index contributed by atoms with van der Waals surface area (Å²) in [6, 6.07) is 16.0. The normalized spacial score (nSPS) is 21.7. The smallest absolute Gasteiger partial charge is 0.254 e. The van der Waals surface area contributed by atoms with E-state index in [2.05, 4.69) is 27.8 Å². The maximum atomic E-state index is 13.1. The molecule has 1 saturated heterocycles. The van der Waals surface area contributed by atoms with Crippen LogP contribution in [0.1, 0.15) is 28.8 Å². The van der Waals surface area contributed by atoms with Crippen LogP contribution in [0.3, 0.4) is 0 Å². The number of anilines is 2. The summed E-state index contributed by atoms with van der Waals surface area (Å²) >= 11 is 1.55. The Morgan fingerprint density at radius 3 is 2.93 bits per heavy atom. The van der Waals surface area contributed by atoms with Crippen LogP contribution in [0.4, 0.5) is 11.5 Å². The number of thiophene rings is 1. The molecular formula is C23H23N5OS. The number of piperidine rings is 1. The standard InChI is InChI=1S/C23H23N5OS/c29-21(18-9-13-30-15-18)28-12-5-10-23(16-28)22(25-14-17-6-2-1-3-7-17)26-20-19(27-23)8-4-11-24-20/h1-4,6-9,11,13,15,27H,5,10,12,14,16H2,(H,24,25,26)/t23-/m1/s1. The van der Waals surface area contributed by atoms with Crippen molar-refractivity contribution in [1.29, 1.82) is 0 Å². The predicted molar refractivity (Wildman–Crippen MR) is 121 cm³/mol. The lowest BCUT2D eigenvalue weighted by atomic mass is 9.85. The Labute approximate surface area is 179 Å².